The molecule has 0 atom stereocenters. The molecule has 0 radical (unpaired) electrons. The highest BCUT2D eigenvalue weighted by molar-refractivity contribution is 5.11. The fourth-order valence-electron chi connectivity index (χ4n) is 3.73. The van der Waals surface area contributed by atoms with Gasteiger partial charge in [-0.15, -0.1) is 0 Å². The third kappa shape index (κ3) is 4.07. The lowest BCUT2D eigenvalue weighted by Gasteiger charge is -2.21. The zero-order valence-electron chi connectivity index (χ0n) is 13.6. The fourth-order valence-corrected chi connectivity index (χ4v) is 3.73. The van der Waals surface area contributed by atoms with Crippen molar-refractivity contribution in [3.63, 3.8) is 0 Å². The molecule has 0 saturated heterocycles. The van der Waals surface area contributed by atoms with E-state index < -0.39 is 0 Å². The van der Waals surface area contributed by atoms with Crippen LogP contribution in [0.3, 0.4) is 0 Å². The predicted octanol–water partition coefficient (Wildman–Crippen LogP) is 2.78. The fraction of sp³-hybridized carbons (Fsp3) is 0.824. The average molecular weight is 290 g/mol. The molecule has 1 aromatic rings. The molecule has 1 aliphatic heterocycles. The molecule has 1 saturated carbocycles. The molecule has 0 spiro atoms. The van der Waals surface area contributed by atoms with Crippen LogP contribution in [0.5, 0.6) is 0 Å². The van der Waals surface area contributed by atoms with Crippen molar-refractivity contribution in [2.24, 2.45) is 5.92 Å². The number of aromatic nitrogens is 2. The number of nitrogens with zero attached hydrogens (tertiary/aromatic N) is 3. The number of aryl methyl sites for hydroxylation is 1. The second kappa shape index (κ2) is 6.93. The molecule has 4 nitrogen and oxygen atoms in total. The Kier molecular flexibility index (Phi) is 4.96. The van der Waals surface area contributed by atoms with E-state index in [9.17, 15) is 0 Å². The van der Waals surface area contributed by atoms with Crippen LogP contribution in [0, 0.1) is 5.92 Å². The van der Waals surface area contributed by atoms with Gasteiger partial charge < -0.3 is 5.32 Å². The van der Waals surface area contributed by atoms with Crippen LogP contribution in [0.2, 0.25) is 0 Å². The molecule has 2 aliphatic rings. The summed E-state index contributed by atoms with van der Waals surface area (Å²) in [7, 11) is 0. The van der Waals surface area contributed by atoms with E-state index in [0.717, 1.165) is 31.6 Å². The maximum atomic E-state index is 4.81. The van der Waals surface area contributed by atoms with E-state index in [4.69, 9.17) is 5.10 Å². The van der Waals surface area contributed by atoms with Crippen molar-refractivity contribution >= 4 is 0 Å². The summed E-state index contributed by atoms with van der Waals surface area (Å²) in [6.45, 7) is 10.1. The highest BCUT2D eigenvalue weighted by atomic mass is 15.3. The number of fused-ring (bicyclic) bond motifs is 1. The van der Waals surface area contributed by atoms with Crippen molar-refractivity contribution in [3.05, 3.63) is 17.5 Å². The lowest BCUT2D eigenvalue weighted by atomic mass is 10.2. The minimum absolute atomic E-state index is 0.726. The highest BCUT2D eigenvalue weighted by Crippen LogP contribution is 2.19. The van der Waals surface area contributed by atoms with Gasteiger partial charge in [-0.3, -0.25) is 9.58 Å². The van der Waals surface area contributed by atoms with E-state index in [1.54, 1.807) is 0 Å². The Labute approximate surface area is 128 Å². The summed E-state index contributed by atoms with van der Waals surface area (Å²) in [6, 6.07) is 3.05. The minimum atomic E-state index is 0.726. The zero-order chi connectivity index (χ0) is 14.7. The first-order valence-corrected chi connectivity index (χ1v) is 8.72. The highest BCUT2D eigenvalue weighted by Gasteiger charge is 2.18. The van der Waals surface area contributed by atoms with Gasteiger partial charge in [0, 0.05) is 38.8 Å². The first-order valence-electron chi connectivity index (χ1n) is 8.72. The lowest BCUT2D eigenvalue weighted by molar-refractivity contribution is 0.239. The van der Waals surface area contributed by atoms with Crippen LogP contribution in [-0.2, 0) is 19.6 Å². The van der Waals surface area contributed by atoms with Crippen molar-refractivity contribution < 1.29 is 0 Å². The second-order valence-corrected chi connectivity index (χ2v) is 7.19. The smallest absolute Gasteiger partial charge is 0.0765 e. The molecular formula is C17H30N4. The van der Waals surface area contributed by atoms with Crippen LogP contribution in [0.15, 0.2) is 6.07 Å². The van der Waals surface area contributed by atoms with Crippen molar-refractivity contribution in [2.45, 2.75) is 71.6 Å². The summed E-state index contributed by atoms with van der Waals surface area (Å²) in [5.74, 6) is 0.739. The summed E-state index contributed by atoms with van der Waals surface area (Å²) in [5, 5.41) is 8.49. The first kappa shape index (κ1) is 15.0. The molecule has 4 heteroatoms. The molecule has 1 fully saturated rings. The van der Waals surface area contributed by atoms with Gasteiger partial charge in [-0.25, -0.2) is 0 Å². The van der Waals surface area contributed by atoms with Crippen LogP contribution in [0.4, 0.5) is 0 Å². The van der Waals surface area contributed by atoms with Crippen molar-refractivity contribution in [1.82, 2.24) is 20.0 Å². The van der Waals surface area contributed by atoms with Crippen LogP contribution in [0.25, 0.3) is 0 Å². The number of hydrogen-bond donors (Lipinski definition) is 1. The predicted molar refractivity (Wildman–Crippen MR) is 86.1 cm³/mol. The Morgan fingerprint density at radius 1 is 1.24 bits per heavy atom. The van der Waals surface area contributed by atoms with Gasteiger partial charge in [0.1, 0.15) is 0 Å². The normalized spacial score (nSPS) is 20.9. The molecule has 2 heterocycles. The van der Waals surface area contributed by atoms with E-state index in [1.165, 1.54) is 56.6 Å². The molecule has 1 aliphatic carbocycles. The van der Waals surface area contributed by atoms with Crippen LogP contribution in [-0.4, -0.2) is 33.8 Å². The van der Waals surface area contributed by atoms with Gasteiger partial charge in [-0.05, 0) is 31.2 Å². The Morgan fingerprint density at radius 2 is 2.05 bits per heavy atom. The van der Waals surface area contributed by atoms with Gasteiger partial charge in [0.15, 0.2) is 0 Å². The number of hydrogen-bond acceptors (Lipinski definition) is 3. The molecular weight excluding hydrogens is 260 g/mol. The third-order valence-corrected chi connectivity index (χ3v) is 4.69. The Morgan fingerprint density at radius 3 is 2.81 bits per heavy atom. The van der Waals surface area contributed by atoms with Gasteiger partial charge in [0.05, 0.1) is 11.4 Å². The van der Waals surface area contributed by atoms with E-state index in [0.29, 0.717) is 0 Å². The topological polar surface area (TPSA) is 33.1 Å². The molecule has 118 valence electrons. The van der Waals surface area contributed by atoms with Crippen molar-refractivity contribution in [2.75, 3.05) is 13.1 Å². The van der Waals surface area contributed by atoms with Gasteiger partial charge in [-0.1, -0.05) is 26.7 Å². The summed E-state index contributed by atoms with van der Waals surface area (Å²) in [5.41, 5.74) is 2.62. The third-order valence-electron chi connectivity index (χ3n) is 4.69. The minimum Gasteiger partial charge on any atom is -0.308 e. The number of rotatable bonds is 5. The molecule has 0 bridgehead atoms. The number of nitrogens with one attached hydrogen (secondary N) is 1. The molecule has 1 aromatic heterocycles. The second-order valence-electron chi connectivity index (χ2n) is 7.19. The molecule has 3 rings (SSSR count). The Balaban J connectivity index is 1.59. The molecule has 21 heavy (non-hydrogen) atoms. The standard InChI is InChI=1S/C17H30N4/c1-14(2)12-20-8-5-9-21-17(13-20)10-16(19-21)11-18-15-6-3-4-7-15/h10,14-15,18H,3-9,11-13H2,1-2H3. The first-order chi connectivity index (χ1) is 10.2. The van der Waals surface area contributed by atoms with Crippen molar-refractivity contribution in [3.8, 4) is 0 Å². The Hall–Kier alpha value is -0.870. The Bertz CT molecular complexity index is 446. The van der Waals surface area contributed by atoms with Gasteiger partial charge in [0.2, 0.25) is 0 Å². The monoisotopic (exact) mass is 290 g/mol. The van der Waals surface area contributed by atoms with Crippen LogP contribution >= 0.6 is 0 Å². The maximum Gasteiger partial charge on any atom is 0.0765 e. The van der Waals surface area contributed by atoms with E-state index in [2.05, 4.69) is 34.8 Å². The summed E-state index contributed by atoms with van der Waals surface area (Å²) in [4.78, 5) is 2.58. The lowest BCUT2D eigenvalue weighted by Crippen LogP contribution is -2.27. The van der Waals surface area contributed by atoms with Gasteiger partial charge in [0.25, 0.3) is 0 Å². The SMILES string of the molecule is CC(C)CN1CCCn2nc(CNC3CCCC3)cc2C1. The zero-order valence-corrected chi connectivity index (χ0v) is 13.6. The quantitative estimate of drug-likeness (QED) is 0.905. The molecule has 0 aromatic carbocycles. The van der Waals surface area contributed by atoms with Crippen LogP contribution in [0.1, 0.15) is 57.3 Å². The van der Waals surface area contributed by atoms with E-state index in [-0.39, 0.29) is 0 Å². The maximum absolute atomic E-state index is 4.81. The van der Waals surface area contributed by atoms with Crippen molar-refractivity contribution in [1.29, 1.82) is 0 Å². The van der Waals surface area contributed by atoms with E-state index in [1.807, 2.05) is 0 Å². The summed E-state index contributed by atoms with van der Waals surface area (Å²) < 4.78 is 2.24. The molecule has 0 unspecified atom stereocenters. The van der Waals surface area contributed by atoms with Crippen LogP contribution < -0.4 is 5.32 Å². The molecule has 1 N–H and O–H groups in total. The molecule has 0 amide bonds. The van der Waals surface area contributed by atoms with E-state index >= 15 is 0 Å². The summed E-state index contributed by atoms with van der Waals surface area (Å²) in [6.07, 6.45) is 6.69. The average Bonchev–Trinajstić information content (AvgIpc) is 3.03. The summed E-state index contributed by atoms with van der Waals surface area (Å²) >= 11 is 0. The van der Waals surface area contributed by atoms with Gasteiger partial charge in [-0.2, -0.15) is 5.10 Å². The van der Waals surface area contributed by atoms with Gasteiger partial charge >= 0.3 is 0 Å². The largest absolute Gasteiger partial charge is 0.308 e.